The maximum Gasteiger partial charge on any atom is 0.334 e. The smallest absolute Gasteiger partial charge is 0.334 e. The molecule has 3 aliphatic carbocycles. The van der Waals surface area contributed by atoms with Crippen LogP contribution in [-0.4, -0.2) is 165 Å². The molecule has 2 aromatic rings. The third-order valence-electron chi connectivity index (χ3n) is 16.6. The summed E-state index contributed by atoms with van der Waals surface area (Å²) in [5.41, 5.74) is 3.73. The number of amides is 8. The van der Waals surface area contributed by atoms with Gasteiger partial charge in [0.25, 0.3) is 0 Å². The topological polar surface area (TPSA) is 173 Å². The van der Waals surface area contributed by atoms with Crippen molar-refractivity contribution in [2.45, 2.75) is 135 Å². The summed E-state index contributed by atoms with van der Waals surface area (Å²) in [7, 11) is 3.51. The molecule has 0 bridgehead atoms. The van der Waals surface area contributed by atoms with Crippen LogP contribution < -0.4 is 10.6 Å². The molecular weight excluding hydrogens is 925 g/mol. The van der Waals surface area contributed by atoms with Crippen molar-refractivity contribution in [1.29, 1.82) is 0 Å². The highest BCUT2D eigenvalue weighted by Gasteiger charge is 2.52. The summed E-state index contributed by atoms with van der Waals surface area (Å²) in [4.78, 5) is 92.0. The monoisotopic (exact) mass is 1000 g/mol. The van der Waals surface area contributed by atoms with Crippen molar-refractivity contribution in [3.05, 3.63) is 89.0 Å². The Bertz CT molecular complexity index is 2420. The lowest BCUT2D eigenvalue weighted by molar-refractivity contribution is -0.188. The normalized spacial score (nSPS) is 26.8. The Hall–Kier alpha value is -5.94. The van der Waals surface area contributed by atoms with Gasteiger partial charge in [0.1, 0.15) is 30.2 Å². The van der Waals surface area contributed by atoms with Gasteiger partial charge >= 0.3 is 12.1 Å². The first kappa shape index (κ1) is 51.9. The maximum absolute atomic E-state index is 14.5. The molecule has 0 radical (unpaired) electrons. The summed E-state index contributed by atoms with van der Waals surface area (Å²) in [5, 5.41) is 22.9. The SMILES string of the molecule is CC(C)C[C@H]1C(=O)N(CC2CCCCC2)C[C@H]2N1C(=O)CN(C)N2C(=O)NCc1cccc(C2C=C(CNC(=O)N3[C@H]4CN(CC5CCCCC5)C(=O)[C@H](Cc5ccc(O)cc5)N4C(=O)CN3C)C=CC2C)c1. The van der Waals surface area contributed by atoms with E-state index in [1.807, 2.05) is 28.0 Å². The molecule has 0 aromatic heterocycles. The van der Waals surface area contributed by atoms with Gasteiger partial charge in [0, 0.05) is 52.6 Å². The van der Waals surface area contributed by atoms with Crippen molar-refractivity contribution < 1.29 is 33.9 Å². The minimum absolute atomic E-state index is 0.00207. The number of benzene rings is 2. The molecule has 4 heterocycles. The fourth-order valence-corrected chi connectivity index (χ4v) is 12.8. The van der Waals surface area contributed by atoms with Crippen LogP contribution in [0.4, 0.5) is 9.59 Å². The van der Waals surface area contributed by atoms with Gasteiger partial charge in [0.15, 0.2) is 0 Å². The summed E-state index contributed by atoms with van der Waals surface area (Å²) < 4.78 is 0. The second kappa shape index (κ2) is 22.7. The number of aromatic hydroxyl groups is 1. The lowest BCUT2D eigenvalue weighted by Crippen LogP contribution is -2.76. The number of carbonyl (C=O) groups is 6. The van der Waals surface area contributed by atoms with Crippen LogP contribution in [-0.2, 0) is 32.1 Å². The molecule has 17 nitrogen and oxygen atoms in total. The highest BCUT2D eigenvalue weighted by Crippen LogP contribution is 2.36. The predicted octanol–water partition coefficient (Wildman–Crippen LogP) is 6.03. The van der Waals surface area contributed by atoms with Gasteiger partial charge in [-0.1, -0.05) is 114 Å². The van der Waals surface area contributed by atoms with Gasteiger partial charge in [0.05, 0.1) is 26.2 Å². The molecule has 2 aromatic carbocycles. The van der Waals surface area contributed by atoms with Gasteiger partial charge in [-0.15, -0.1) is 0 Å². The molecule has 3 N–H and O–H groups in total. The molecule has 6 atom stereocenters. The summed E-state index contributed by atoms with van der Waals surface area (Å²) in [6.07, 6.45) is 17.2. The first-order valence-electron chi connectivity index (χ1n) is 27.1. The Labute approximate surface area is 431 Å². The number of piperazine rings is 2. The Balaban J connectivity index is 0.869. The van der Waals surface area contributed by atoms with Crippen LogP contribution in [0.1, 0.15) is 114 Å². The molecule has 0 spiro atoms. The molecule has 2 saturated carbocycles. The standard InChI is InChI=1S/C56H78N10O7/c1-37(2)25-47-53(70)61(31-40-13-8-6-9-14-40)33-49-63(47)51(68)35-59(4)65(49)55(72)57-29-42-17-12-18-44(26-42)46-27-43(20-19-38(46)3)30-58-56(73)66-50-34-62(32-41-15-10-7-11-16-41)54(71)48(64(50)52(69)36-60(66)5)28-39-21-23-45(67)24-22-39/h12,17-24,26-27,37-38,40-41,46-50,67H,6-11,13-16,25,28-36H2,1-5H3,(H,57,72)(H,58,73)/t38?,46?,47-,48-,49-,50-/m0/s1. The van der Waals surface area contributed by atoms with Gasteiger partial charge in [-0.05, 0) is 90.2 Å². The van der Waals surface area contributed by atoms with Crippen LogP contribution in [0, 0.1) is 23.7 Å². The second-order valence-corrected chi connectivity index (χ2v) is 22.5. The molecule has 8 amide bonds. The molecule has 4 saturated heterocycles. The quantitative estimate of drug-likeness (QED) is 0.217. The maximum atomic E-state index is 14.5. The zero-order valence-electron chi connectivity index (χ0n) is 43.7. The Kier molecular flexibility index (Phi) is 16.1. The Morgan fingerprint density at radius 2 is 1.22 bits per heavy atom. The zero-order chi connectivity index (χ0) is 51.5. The summed E-state index contributed by atoms with van der Waals surface area (Å²) in [6.45, 7) is 8.47. The van der Waals surface area contributed by atoms with Crippen LogP contribution in [0.5, 0.6) is 5.75 Å². The van der Waals surface area contributed by atoms with Crippen LogP contribution >= 0.6 is 0 Å². The number of phenols is 1. The lowest BCUT2D eigenvalue weighted by atomic mass is 9.81. The number of nitrogens with zero attached hydrogens (tertiary/aromatic N) is 8. The van der Waals surface area contributed by atoms with Crippen LogP contribution in [0.3, 0.4) is 0 Å². The highest BCUT2D eigenvalue weighted by atomic mass is 16.3. The van der Waals surface area contributed by atoms with Crippen molar-refractivity contribution in [3.63, 3.8) is 0 Å². The minimum Gasteiger partial charge on any atom is -0.508 e. The molecule has 73 heavy (non-hydrogen) atoms. The van der Waals surface area contributed by atoms with E-state index in [1.165, 1.54) is 25.7 Å². The van der Waals surface area contributed by atoms with E-state index in [0.29, 0.717) is 31.3 Å². The average molecular weight is 1000 g/mol. The Morgan fingerprint density at radius 3 is 1.78 bits per heavy atom. The lowest BCUT2D eigenvalue weighted by Gasteiger charge is -2.55. The number of allylic oxidation sites excluding steroid dienone is 2. The fraction of sp³-hybridized carbons (Fsp3) is 0.607. The number of nitrogens with one attached hydrogen (secondary N) is 2. The molecule has 7 aliphatic rings. The number of hydrazine groups is 2. The third-order valence-corrected chi connectivity index (χ3v) is 16.6. The van der Waals surface area contributed by atoms with Crippen molar-refractivity contribution in [1.82, 2.24) is 50.3 Å². The molecule has 2 unspecified atom stereocenters. The molecule has 4 aliphatic heterocycles. The number of likely N-dealkylation sites (N-methyl/N-ethyl adjacent to an activating group) is 2. The number of hydrogen-bond donors (Lipinski definition) is 3. The highest BCUT2D eigenvalue weighted by molar-refractivity contribution is 5.92. The van der Waals surface area contributed by atoms with Gasteiger partial charge in [-0.2, -0.15) is 0 Å². The average Bonchev–Trinajstić information content (AvgIpc) is 3.36. The number of phenolic OH excluding ortho intramolecular Hbond substituents is 1. The molecule has 17 heteroatoms. The summed E-state index contributed by atoms with van der Waals surface area (Å²) in [5.74, 6) is 0.770. The second-order valence-electron chi connectivity index (χ2n) is 22.5. The van der Waals surface area contributed by atoms with E-state index in [1.54, 1.807) is 68.2 Å². The Morgan fingerprint density at radius 1 is 0.685 bits per heavy atom. The van der Waals surface area contributed by atoms with Crippen molar-refractivity contribution in [2.75, 3.05) is 59.9 Å². The van der Waals surface area contributed by atoms with E-state index in [0.717, 1.165) is 60.8 Å². The van der Waals surface area contributed by atoms with E-state index < -0.39 is 24.4 Å². The van der Waals surface area contributed by atoms with Crippen molar-refractivity contribution in [3.8, 4) is 5.75 Å². The number of fused-ring (bicyclic) bond motifs is 2. The molecule has 394 valence electrons. The van der Waals surface area contributed by atoms with E-state index in [9.17, 15) is 33.9 Å². The van der Waals surface area contributed by atoms with Gasteiger partial charge in [-0.3, -0.25) is 19.2 Å². The number of carbonyl (C=O) groups excluding carboxylic acids is 6. The predicted molar refractivity (Wildman–Crippen MR) is 277 cm³/mol. The van der Waals surface area contributed by atoms with E-state index in [-0.39, 0.29) is 105 Å². The third kappa shape index (κ3) is 11.6. The number of hydrogen-bond acceptors (Lipinski definition) is 9. The summed E-state index contributed by atoms with van der Waals surface area (Å²) >= 11 is 0. The fourth-order valence-electron chi connectivity index (χ4n) is 12.8. The largest absolute Gasteiger partial charge is 0.508 e. The van der Waals surface area contributed by atoms with Crippen LogP contribution in [0.25, 0.3) is 0 Å². The van der Waals surface area contributed by atoms with E-state index in [4.69, 9.17) is 0 Å². The van der Waals surface area contributed by atoms with Gasteiger partial charge in [0.2, 0.25) is 23.6 Å². The van der Waals surface area contributed by atoms with E-state index in [2.05, 4.69) is 55.7 Å². The van der Waals surface area contributed by atoms with Gasteiger partial charge in [-0.25, -0.2) is 29.6 Å². The number of rotatable bonds is 13. The molecule has 9 rings (SSSR count). The van der Waals surface area contributed by atoms with Crippen LogP contribution in [0.15, 0.2) is 72.3 Å². The summed E-state index contributed by atoms with van der Waals surface area (Å²) in [6, 6.07) is 12.8. The van der Waals surface area contributed by atoms with Crippen molar-refractivity contribution >= 4 is 35.7 Å². The first-order chi connectivity index (χ1) is 35.1. The van der Waals surface area contributed by atoms with Gasteiger partial charge < -0.3 is 35.3 Å². The zero-order valence-corrected chi connectivity index (χ0v) is 43.7. The molecule has 6 fully saturated rings. The van der Waals surface area contributed by atoms with Crippen LogP contribution in [0.2, 0.25) is 0 Å². The van der Waals surface area contributed by atoms with E-state index >= 15 is 0 Å². The number of urea groups is 2. The minimum atomic E-state index is -0.798. The molecular formula is C56H78N10O7. The first-order valence-corrected chi connectivity index (χ1v) is 27.1. The van der Waals surface area contributed by atoms with Crippen molar-refractivity contribution in [2.24, 2.45) is 23.7 Å².